The summed E-state index contributed by atoms with van der Waals surface area (Å²) in [6.45, 7) is 9.02. The van der Waals surface area contributed by atoms with Gasteiger partial charge in [-0.1, -0.05) is 25.2 Å². The fraction of sp³-hybridized carbons (Fsp3) is 0.692. The molecule has 0 rings (SSSR count). The number of hydrogen-bond donors (Lipinski definition) is 1. The van der Waals surface area contributed by atoms with Crippen LogP contribution >= 0.6 is 0 Å². The van der Waals surface area contributed by atoms with Gasteiger partial charge in [-0.05, 0) is 33.1 Å². The predicted octanol–water partition coefficient (Wildman–Crippen LogP) is 3.64. The van der Waals surface area contributed by atoms with Crippen molar-refractivity contribution in [3.05, 3.63) is 24.8 Å². The lowest BCUT2D eigenvalue weighted by atomic mass is 9.80. The summed E-state index contributed by atoms with van der Waals surface area (Å²) in [4.78, 5) is 0. The van der Waals surface area contributed by atoms with Gasteiger partial charge >= 0.3 is 0 Å². The number of halogens is 1. The van der Waals surface area contributed by atoms with E-state index in [1.165, 1.54) is 0 Å². The van der Waals surface area contributed by atoms with E-state index < -0.39 is 11.8 Å². The van der Waals surface area contributed by atoms with Crippen LogP contribution in [0, 0.1) is 5.92 Å². The van der Waals surface area contributed by atoms with Gasteiger partial charge in [-0.3, -0.25) is 0 Å². The molecule has 0 radical (unpaired) electrons. The molecule has 88 valence electrons. The van der Waals surface area contributed by atoms with Crippen LogP contribution in [0.2, 0.25) is 0 Å². The molecule has 2 heteroatoms. The molecule has 0 heterocycles. The monoisotopic (exact) mass is 214 g/mol. The summed E-state index contributed by atoms with van der Waals surface area (Å²) in [5.41, 5.74) is -0.943. The van der Waals surface area contributed by atoms with Crippen LogP contribution in [0.4, 0.5) is 4.39 Å². The van der Waals surface area contributed by atoms with Crippen LogP contribution in [-0.4, -0.2) is 16.9 Å². The largest absolute Gasteiger partial charge is 0.390 e. The third-order valence-electron chi connectivity index (χ3n) is 2.97. The molecule has 0 aromatic rings. The molecule has 3 atom stereocenters. The smallest absolute Gasteiger partial charge is 0.109 e. The zero-order valence-electron chi connectivity index (χ0n) is 10.0. The first-order valence-corrected chi connectivity index (χ1v) is 5.58. The first-order valence-electron chi connectivity index (χ1n) is 5.58. The lowest BCUT2D eigenvalue weighted by Crippen LogP contribution is -2.39. The summed E-state index contributed by atoms with van der Waals surface area (Å²) in [6.07, 6.45) is 5.79. The van der Waals surface area contributed by atoms with E-state index in [1.54, 1.807) is 13.0 Å². The van der Waals surface area contributed by atoms with Crippen LogP contribution in [-0.2, 0) is 0 Å². The third kappa shape index (κ3) is 4.61. The molecule has 0 saturated heterocycles. The Morgan fingerprint density at radius 1 is 1.47 bits per heavy atom. The van der Waals surface area contributed by atoms with Crippen molar-refractivity contribution in [1.29, 1.82) is 0 Å². The third-order valence-corrected chi connectivity index (χ3v) is 2.97. The molecule has 0 aliphatic rings. The van der Waals surface area contributed by atoms with Gasteiger partial charge < -0.3 is 5.11 Å². The Morgan fingerprint density at radius 3 is 2.47 bits per heavy atom. The quantitative estimate of drug-likeness (QED) is 0.641. The molecule has 15 heavy (non-hydrogen) atoms. The number of hydrogen-bond acceptors (Lipinski definition) is 1. The lowest BCUT2D eigenvalue weighted by Gasteiger charge is -2.33. The van der Waals surface area contributed by atoms with Gasteiger partial charge in [0, 0.05) is 5.92 Å². The maximum Gasteiger partial charge on any atom is 0.109 e. The molecule has 0 bridgehead atoms. The highest BCUT2D eigenvalue weighted by Crippen LogP contribution is 2.31. The molecular formula is C13H23FO. The van der Waals surface area contributed by atoms with Crippen molar-refractivity contribution in [2.24, 2.45) is 5.92 Å². The zero-order chi connectivity index (χ0) is 11.9. The van der Waals surface area contributed by atoms with Gasteiger partial charge in [-0.2, -0.15) is 0 Å². The van der Waals surface area contributed by atoms with Gasteiger partial charge in [0.15, 0.2) is 0 Å². The Morgan fingerprint density at radius 2 is 2.07 bits per heavy atom. The van der Waals surface area contributed by atoms with Crippen LogP contribution in [0.3, 0.4) is 0 Å². The van der Waals surface area contributed by atoms with Gasteiger partial charge in [0.25, 0.3) is 0 Å². The number of rotatable bonds is 7. The lowest BCUT2D eigenvalue weighted by molar-refractivity contribution is -0.0362. The molecule has 0 aromatic carbocycles. The second-order valence-electron chi connectivity index (χ2n) is 4.16. The first kappa shape index (κ1) is 14.4. The minimum atomic E-state index is -1.02. The summed E-state index contributed by atoms with van der Waals surface area (Å²) in [5.74, 6) is -0.350. The van der Waals surface area contributed by atoms with Gasteiger partial charge in [0.1, 0.15) is 6.17 Å². The van der Waals surface area contributed by atoms with E-state index in [4.69, 9.17) is 0 Å². The maximum atomic E-state index is 13.8. The van der Waals surface area contributed by atoms with Crippen molar-refractivity contribution in [2.45, 2.75) is 51.8 Å². The summed E-state index contributed by atoms with van der Waals surface area (Å²) in [5, 5.41) is 10.1. The molecule has 0 saturated carbocycles. The summed E-state index contributed by atoms with van der Waals surface area (Å²) in [6, 6.07) is 0. The molecular weight excluding hydrogens is 191 g/mol. The fourth-order valence-electron chi connectivity index (χ4n) is 1.66. The topological polar surface area (TPSA) is 20.2 Å². The van der Waals surface area contributed by atoms with E-state index in [2.05, 4.69) is 6.58 Å². The van der Waals surface area contributed by atoms with E-state index in [0.717, 1.165) is 0 Å². The summed E-state index contributed by atoms with van der Waals surface area (Å²) in [7, 11) is 0. The Labute approximate surface area is 92.7 Å². The molecule has 1 nitrogen and oxygen atoms in total. The normalized spacial score (nSPS) is 19.8. The van der Waals surface area contributed by atoms with Crippen molar-refractivity contribution < 1.29 is 9.50 Å². The maximum absolute atomic E-state index is 13.8. The first-order chi connectivity index (χ1) is 6.99. The number of allylic oxidation sites excluding steroid dienone is 3. The Hall–Kier alpha value is -0.630. The van der Waals surface area contributed by atoms with Gasteiger partial charge in [-0.15, -0.1) is 6.58 Å². The molecule has 0 fully saturated rings. The standard InChI is InChI=1S/C13H23FO/c1-5-8-10-11(12(14)9-6-2)13(4,15)7-3/h5-6,8,11-12,15H,2,7,9-10H2,1,3-4H3/b8-5-/t11-,12?,13?/m0/s1. The van der Waals surface area contributed by atoms with Crippen LogP contribution in [0.5, 0.6) is 0 Å². The van der Waals surface area contributed by atoms with Crippen molar-refractivity contribution in [2.75, 3.05) is 0 Å². The Kier molecular flexibility index (Phi) is 6.50. The number of alkyl halides is 1. The minimum Gasteiger partial charge on any atom is -0.390 e. The van der Waals surface area contributed by atoms with Crippen molar-refractivity contribution in [3.8, 4) is 0 Å². The Balaban J connectivity index is 4.62. The molecule has 0 aliphatic carbocycles. The molecule has 2 unspecified atom stereocenters. The SMILES string of the molecule is C=CCC(F)[C@H](C/C=C\C)C(C)(O)CC. The highest BCUT2D eigenvalue weighted by Gasteiger charge is 2.35. The highest BCUT2D eigenvalue weighted by molar-refractivity contribution is 4.94. The van der Waals surface area contributed by atoms with Gasteiger partial charge in [0.05, 0.1) is 5.60 Å². The molecule has 0 aliphatic heterocycles. The van der Waals surface area contributed by atoms with E-state index in [0.29, 0.717) is 19.3 Å². The average Bonchev–Trinajstić information content (AvgIpc) is 2.18. The van der Waals surface area contributed by atoms with Crippen LogP contribution in [0.1, 0.15) is 40.0 Å². The van der Waals surface area contributed by atoms with Crippen molar-refractivity contribution in [1.82, 2.24) is 0 Å². The van der Waals surface area contributed by atoms with Crippen LogP contribution in [0.25, 0.3) is 0 Å². The second kappa shape index (κ2) is 6.78. The van der Waals surface area contributed by atoms with Gasteiger partial charge in [-0.25, -0.2) is 4.39 Å². The molecule has 0 amide bonds. The molecule has 1 N–H and O–H groups in total. The van der Waals surface area contributed by atoms with E-state index >= 15 is 0 Å². The van der Waals surface area contributed by atoms with Gasteiger partial charge in [0.2, 0.25) is 0 Å². The summed E-state index contributed by atoms with van der Waals surface area (Å²) >= 11 is 0. The average molecular weight is 214 g/mol. The van der Waals surface area contributed by atoms with Crippen LogP contribution < -0.4 is 0 Å². The predicted molar refractivity (Wildman–Crippen MR) is 63.5 cm³/mol. The van der Waals surface area contributed by atoms with Crippen molar-refractivity contribution >= 4 is 0 Å². The molecule has 0 aromatic heterocycles. The van der Waals surface area contributed by atoms with E-state index in [1.807, 2.05) is 26.0 Å². The van der Waals surface area contributed by atoms with Crippen molar-refractivity contribution in [3.63, 3.8) is 0 Å². The zero-order valence-corrected chi connectivity index (χ0v) is 10.0. The Bertz CT molecular complexity index is 209. The summed E-state index contributed by atoms with van der Waals surface area (Å²) < 4.78 is 13.8. The number of aliphatic hydroxyl groups is 1. The minimum absolute atomic E-state index is 0.304. The van der Waals surface area contributed by atoms with E-state index in [9.17, 15) is 9.50 Å². The van der Waals surface area contributed by atoms with Crippen LogP contribution in [0.15, 0.2) is 24.8 Å². The highest BCUT2D eigenvalue weighted by atomic mass is 19.1. The second-order valence-corrected chi connectivity index (χ2v) is 4.16. The van der Waals surface area contributed by atoms with E-state index in [-0.39, 0.29) is 5.92 Å². The fourth-order valence-corrected chi connectivity index (χ4v) is 1.66. The molecule has 0 spiro atoms.